The van der Waals surface area contributed by atoms with Gasteiger partial charge in [-0.3, -0.25) is 4.79 Å². The van der Waals surface area contributed by atoms with E-state index in [1.165, 1.54) is 0 Å². The molecule has 1 aliphatic heterocycles. The quantitative estimate of drug-likeness (QED) is 0.906. The number of aryl methyl sites for hydroxylation is 1. The van der Waals surface area contributed by atoms with Crippen molar-refractivity contribution in [2.24, 2.45) is 0 Å². The van der Waals surface area contributed by atoms with Gasteiger partial charge in [-0.1, -0.05) is 11.6 Å². The summed E-state index contributed by atoms with van der Waals surface area (Å²) in [7, 11) is 0. The van der Waals surface area contributed by atoms with Gasteiger partial charge in [-0.05, 0) is 49.6 Å². The highest BCUT2D eigenvalue weighted by atomic mass is 35.5. The number of nitrogens with zero attached hydrogens (tertiary/aromatic N) is 3. The van der Waals surface area contributed by atoms with Crippen LogP contribution in [0.2, 0.25) is 5.02 Å². The van der Waals surface area contributed by atoms with Crippen LogP contribution in [-0.2, 0) is 4.79 Å². The van der Waals surface area contributed by atoms with E-state index in [1.807, 2.05) is 24.0 Å². The summed E-state index contributed by atoms with van der Waals surface area (Å²) >= 11 is 6.00. The minimum absolute atomic E-state index is 0.0136. The average Bonchev–Trinajstić information content (AvgIpc) is 2.62. The van der Waals surface area contributed by atoms with Crippen LogP contribution in [0.25, 0.3) is 0 Å². The third-order valence-corrected chi connectivity index (χ3v) is 4.80. The number of nitrogens with two attached hydrogens (primary N) is 1. The fraction of sp³-hybridized carbons (Fsp3) is 0.389. The maximum Gasteiger partial charge on any atom is 0.260 e. The number of hydrogen-bond acceptors (Lipinski definition) is 5. The minimum Gasteiger partial charge on any atom is -0.484 e. The van der Waals surface area contributed by atoms with E-state index in [4.69, 9.17) is 22.1 Å². The van der Waals surface area contributed by atoms with Crippen molar-refractivity contribution in [1.82, 2.24) is 14.9 Å². The molecule has 1 aromatic carbocycles. The van der Waals surface area contributed by atoms with E-state index >= 15 is 0 Å². The summed E-state index contributed by atoms with van der Waals surface area (Å²) in [5.41, 5.74) is 7.47. The Kier molecular flexibility index (Phi) is 5.38. The third kappa shape index (κ3) is 4.39. The highest BCUT2D eigenvalue weighted by molar-refractivity contribution is 6.31. The van der Waals surface area contributed by atoms with Crippen molar-refractivity contribution in [3.05, 3.63) is 46.7 Å². The van der Waals surface area contributed by atoms with Crippen LogP contribution >= 0.6 is 11.6 Å². The van der Waals surface area contributed by atoms with Gasteiger partial charge in [0.05, 0.1) is 5.69 Å². The molecule has 1 atom stereocenters. The summed E-state index contributed by atoms with van der Waals surface area (Å²) in [6.07, 6.45) is 3.57. The van der Waals surface area contributed by atoms with E-state index in [-0.39, 0.29) is 24.4 Å². The molecule has 1 fully saturated rings. The number of ether oxygens (including phenoxy) is 1. The highest BCUT2D eigenvalue weighted by Gasteiger charge is 2.26. The Morgan fingerprint density at radius 3 is 3.04 bits per heavy atom. The van der Waals surface area contributed by atoms with E-state index in [2.05, 4.69) is 9.97 Å². The molecule has 2 N–H and O–H groups in total. The standard InChI is InChI=1S/C18H21ClN4O2/c1-12-9-14(4-5-15(12)19)25-11-17(24)23-8-2-3-13(10-23)16-6-7-21-18(20)22-16/h4-7,9,13H,2-3,8,10-11H2,1H3,(H2,20,21,22)/t13-/m0/s1. The molecule has 1 aliphatic rings. The molecule has 2 aromatic rings. The number of likely N-dealkylation sites (tertiary alicyclic amines) is 1. The second-order valence-corrected chi connectivity index (χ2v) is 6.63. The Labute approximate surface area is 152 Å². The molecular formula is C18H21ClN4O2. The van der Waals surface area contributed by atoms with Crippen LogP contribution in [0.15, 0.2) is 30.5 Å². The summed E-state index contributed by atoms with van der Waals surface area (Å²) < 4.78 is 5.62. The fourth-order valence-corrected chi connectivity index (χ4v) is 3.12. The van der Waals surface area contributed by atoms with E-state index in [0.717, 1.165) is 30.6 Å². The van der Waals surface area contributed by atoms with Gasteiger partial charge in [-0.15, -0.1) is 0 Å². The second kappa shape index (κ2) is 7.70. The number of aromatic nitrogens is 2. The predicted molar refractivity (Wildman–Crippen MR) is 96.7 cm³/mol. The molecule has 0 aliphatic carbocycles. The Bertz CT molecular complexity index is 768. The predicted octanol–water partition coefficient (Wildman–Crippen LogP) is 2.81. The number of nitrogen functional groups attached to an aromatic ring is 1. The van der Waals surface area contributed by atoms with Crippen LogP contribution < -0.4 is 10.5 Å². The molecule has 2 heterocycles. The van der Waals surface area contributed by atoms with Crippen molar-refractivity contribution in [3.8, 4) is 5.75 Å². The summed E-state index contributed by atoms with van der Waals surface area (Å²) in [5, 5.41) is 0.682. The number of piperidine rings is 1. The number of rotatable bonds is 4. The lowest BCUT2D eigenvalue weighted by Gasteiger charge is -2.32. The first-order valence-electron chi connectivity index (χ1n) is 8.28. The van der Waals surface area contributed by atoms with Gasteiger partial charge in [-0.2, -0.15) is 0 Å². The van der Waals surface area contributed by atoms with Gasteiger partial charge in [0.25, 0.3) is 5.91 Å². The number of anilines is 1. The maximum absolute atomic E-state index is 12.5. The number of halogens is 1. The van der Waals surface area contributed by atoms with E-state index in [9.17, 15) is 4.79 Å². The van der Waals surface area contributed by atoms with Crippen molar-refractivity contribution >= 4 is 23.5 Å². The summed E-state index contributed by atoms with van der Waals surface area (Å²) in [6, 6.07) is 7.23. The molecule has 7 heteroatoms. The van der Waals surface area contributed by atoms with Crippen LogP contribution in [0.3, 0.4) is 0 Å². The van der Waals surface area contributed by atoms with Gasteiger partial charge in [0.2, 0.25) is 5.95 Å². The van der Waals surface area contributed by atoms with Gasteiger partial charge in [0.1, 0.15) is 5.75 Å². The van der Waals surface area contributed by atoms with Gasteiger partial charge < -0.3 is 15.4 Å². The molecule has 6 nitrogen and oxygen atoms in total. The van der Waals surface area contributed by atoms with Crippen molar-refractivity contribution in [3.63, 3.8) is 0 Å². The lowest BCUT2D eigenvalue weighted by Crippen LogP contribution is -2.41. The topological polar surface area (TPSA) is 81.3 Å². The third-order valence-electron chi connectivity index (χ3n) is 4.38. The smallest absolute Gasteiger partial charge is 0.260 e. The lowest BCUT2D eigenvalue weighted by molar-refractivity contribution is -0.134. The van der Waals surface area contributed by atoms with Crippen LogP contribution in [-0.4, -0.2) is 40.5 Å². The molecule has 3 rings (SSSR count). The van der Waals surface area contributed by atoms with E-state index in [1.54, 1.807) is 18.3 Å². The van der Waals surface area contributed by atoms with E-state index < -0.39 is 0 Å². The Balaban J connectivity index is 1.59. The molecule has 25 heavy (non-hydrogen) atoms. The molecule has 1 aromatic heterocycles. The van der Waals surface area contributed by atoms with Gasteiger partial charge in [-0.25, -0.2) is 9.97 Å². The highest BCUT2D eigenvalue weighted by Crippen LogP contribution is 2.26. The fourth-order valence-electron chi connectivity index (χ4n) is 3.00. The van der Waals surface area contributed by atoms with Crippen LogP contribution in [0, 0.1) is 6.92 Å². The van der Waals surface area contributed by atoms with Crippen LogP contribution in [0.5, 0.6) is 5.75 Å². The number of carbonyl (C=O) groups is 1. The molecule has 0 unspecified atom stereocenters. The van der Waals surface area contributed by atoms with Gasteiger partial charge in [0.15, 0.2) is 6.61 Å². The Morgan fingerprint density at radius 1 is 1.44 bits per heavy atom. The lowest BCUT2D eigenvalue weighted by atomic mass is 9.94. The molecule has 0 saturated carbocycles. The maximum atomic E-state index is 12.5. The molecule has 132 valence electrons. The SMILES string of the molecule is Cc1cc(OCC(=O)N2CCC[C@H](c3ccnc(N)n3)C2)ccc1Cl. The number of benzene rings is 1. The zero-order chi connectivity index (χ0) is 17.8. The number of carbonyl (C=O) groups excluding carboxylic acids is 1. The van der Waals surface area contributed by atoms with Crippen LogP contribution in [0.4, 0.5) is 5.95 Å². The molecule has 0 radical (unpaired) electrons. The Morgan fingerprint density at radius 2 is 2.28 bits per heavy atom. The average molecular weight is 361 g/mol. The zero-order valence-corrected chi connectivity index (χ0v) is 14.9. The molecular weight excluding hydrogens is 340 g/mol. The van der Waals surface area contributed by atoms with Gasteiger partial charge in [0, 0.05) is 30.2 Å². The first-order chi connectivity index (χ1) is 12.0. The molecule has 1 saturated heterocycles. The van der Waals surface area contributed by atoms with Gasteiger partial charge >= 0.3 is 0 Å². The molecule has 0 bridgehead atoms. The first kappa shape index (κ1) is 17.5. The van der Waals surface area contributed by atoms with Crippen molar-refractivity contribution < 1.29 is 9.53 Å². The normalized spacial score (nSPS) is 17.4. The van der Waals surface area contributed by atoms with Crippen LogP contribution in [0.1, 0.15) is 30.0 Å². The van der Waals surface area contributed by atoms with Crippen molar-refractivity contribution in [2.45, 2.75) is 25.7 Å². The minimum atomic E-state index is -0.0284. The summed E-state index contributed by atoms with van der Waals surface area (Å²) in [5.74, 6) is 1.06. The van der Waals surface area contributed by atoms with E-state index in [0.29, 0.717) is 17.3 Å². The van der Waals surface area contributed by atoms with Crippen molar-refractivity contribution in [1.29, 1.82) is 0 Å². The second-order valence-electron chi connectivity index (χ2n) is 6.22. The molecule has 0 spiro atoms. The zero-order valence-electron chi connectivity index (χ0n) is 14.1. The Hall–Kier alpha value is -2.34. The first-order valence-corrected chi connectivity index (χ1v) is 8.66. The number of hydrogen-bond donors (Lipinski definition) is 1. The molecule has 1 amide bonds. The summed E-state index contributed by atoms with van der Waals surface area (Å²) in [6.45, 7) is 3.27. The largest absolute Gasteiger partial charge is 0.484 e. The summed E-state index contributed by atoms with van der Waals surface area (Å²) in [4.78, 5) is 22.5. The van der Waals surface area contributed by atoms with Crippen molar-refractivity contribution in [2.75, 3.05) is 25.4 Å². The monoisotopic (exact) mass is 360 g/mol. The number of amides is 1.